The Morgan fingerprint density at radius 2 is 0.867 bits per heavy atom. The minimum Gasteiger partial charge on any atom is -0.299 e. The summed E-state index contributed by atoms with van der Waals surface area (Å²) in [6.07, 6.45) is 2.09. The predicted octanol–water partition coefficient (Wildman–Crippen LogP) is 9.65. The average molecular weight is 576 g/mol. The Balaban J connectivity index is 1.35. The van der Waals surface area contributed by atoms with Gasteiger partial charge in [-0.1, -0.05) is 121 Å². The standard InChI is InChI=1S/C40H25N5/c1-4-12-26(13-5-1)29-19-21-31-33(24-29)34-25-30(20-22-32(34)37-36(31)41-35-18-10-11-23-45(35)37)40-43-38(27-14-6-2-7-15-27)42-39(44-40)28-16-8-3-9-17-28/h1-25H. The molecule has 0 fully saturated rings. The van der Waals surface area contributed by atoms with Crippen LogP contribution in [0, 0.1) is 0 Å². The molecule has 0 aliphatic rings. The van der Waals surface area contributed by atoms with Crippen molar-refractivity contribution in [3.05, 3.63) is 152 Å². The molecule has 0 N–H and O–H groups in total. The lowest BCUT2D eigenvalue weighted by Gasteiger charge is -2.12. The van der Waals surface area contributed by atoms with Gasteiger partial charge in [-0.2, -0.15) is 0 Å². The lowest BCUT2D eigenvalue weighted by atomic mass is 9.94. The summed E-state index contributed by atoms with van der Waals surface area (Å²) in [5.74, 6) is 1.93. The highest BCUT2D eigenvalue weighted by atomic mass is 15.0. The second-order valence-corrected chi connectivity index (χ2v) is 11.2. The van der Waals surface area contributed by atoms with Crippen LogP contribution in [0.4, 0.5) is 0 Å². The van der Waals surface area contributed by atoms with Crippen LogP contribution in [0.1, 0.15) is 0 Å². The Morgan fingerprint density at radius 1 is 0.356 bits per heavy atom. The van der Waals surface area contributed by atoms with Crippen molar-refractivity contribution in [2.24, 2.45) is 0 Å². The zero-order chi connectivity index (χ0) is 29.7. The fourth-order valence-corrected chi connectivity index (χ4v) is 6.28. The summed E-state index contributed by atoms with van der Waals surface area (Å²) in [4.78, 5) is 20.0. The van der Waals surface area contributed by atoms with Crippen molar-refractivity contribution < 1.29 is 0 Å². The van der Waals surface area contributed by atoms with Gasteiger partial charge >= 0.3 is 0 Å². The lowest BCUT2D eigenvalue weighted by molar-refractivity contribution is 1.07. The van der Waals surface area contributed by atoms with Gasteiger partial charge in [0.15, 0.2) is 17.5 Å². The molecule has 0 unspecified atom stereocenters. The van der Waals surface area contributed by atoms with Gasteiger partial charge < -0.3 is 0 Å². The van der Waals surface area contributed by atoms with Gasteiger partial charge in [-0.15, -0.1) is 0 Å². The van der Waals surface area contributed by atoms with E-state index in [1.807, 2.05) is 66.7 Å². The molecule has 3 aromatic heterocycles. The molecule has 5 heteroatoms. The van der Waals surface area contributed by atoms with E-state index in [2.05, 4.69) is 89.5 Å². The van der Waals surface area contributed by atoms with Crippen LogP contribution in [0.25, 0.3) is 83.5 Å². The fraction of sp³-hybridized carbons (Fsp3) is 0. The van der Waals surface area contributed by atoms with Gasteiger partial charge in [0.25, 0.3) is 0 Å². The Bertz CT molecular complexity index is 2460. The number of nitrogens with zero attached hydrogens (tertiary/aromatic N) is 5. The summed E-state index contributed by atoms with van der Waals surface area (Å²) in [5, 5.41) is 4.51. The Labute approximate surface area is 259 Å². The van der Waals surface area contributed by atoms with E-state index in [-0.39, 0.29) is 0 Å². The molecule has 3 heterocycles. The van der Waals surface area contributed by atoms with Gasteiger partial charge in [0, 0.05) is 33.7 Å². The van der Waals surface area contributed by atoms with Gasteiger partial charge in [0.2, 0.25) is 0 Å². The highest BCUT2D eigenvalue weighted by Gasteiger charge is 2.18. The van der Waals surface area contributed by atoms with Gasteiger partial charge in [-0.05, 0) is 46.2 Å². The molecule has 9 rings (SSSR count). The highest BCUT2D eigenvalue weighted by Crippen LogP contribution is 2.39. The maximum Gasteiger partial charge on any atom is 0.164 e. The third-order valence-electron chi connectivity index (χ3n) is 8.43. The number of benzene rings is 6. The average Bonchev–Trinajstić information content (AvgIpc) is 3.52. The van der Waals surface area contributed by atoms with Crippen LogP contribution in [0.15, 0.2) is 152 Å². The monoisotopic (exact) mass is 575 g/mol. The topological polar surface area (TPSA) is 56.0 Å². The normalized spacial score (nSPS) is 11.6. The van der Waals surface area contributed by atoms with Crippen molar-refractivity contribution in [1.29, 1.82) is 0 Å². The van der Waals surface area contributed by atoms with Crippen molar-refractivity contribution in [2.45, 2.75) is 0 Å². The molecule has 0 aliphatic heterocycles. The fourth-order valence-electron chi connectivity index (χ4n) is 6.28. The van der Waals surface area contributed by atoms with E-state index in [1.54, 1.807) is 0 Å². The van der Waals surface area contributed by atoms with Gasteiger partial charge in [-0.3, -0.25) is 4.40 Å². The van der Waals surface area contributed by atoms with Crippen LogP contribution < -0.4 is 0 Å². The molecule has 0 bridgehead atoms. The lowest BCUT2D eigenvalue weighted by Crippen LogP contribution is -2.00. The van der Waals surface area contributed by atoms with Crippen LogP contribution in [0.3, 0.4) is 0 Å². The molecule has 6 aromatic carbocycles. The number of pyridine rings is 1. The van der Waals surface area contributed by atoms with Crippen LogP contribution in [-0.2, 0) is 0 Å². The van der Waals surface area contributed by atoms with Crippen molar-refractivity contribution >= 4 is 38.2 Å². The Hall–Kier alpha value is -6.20. The smallest absolute Gasteiger partial charge is 0.164 e. The minimum atomic E-state index is 0.634. The van der Waals surface area contributed by atoms with E-state index in [0.29, 0.717) is 17.5 Å². The van der Waals surface area contributed by atoms with Gasteiger partial charge in [0.05, 0.1) is 11.0 Å². The summed E-state index contributed by atoms with van der Waals surface area (Å²) < 4.78 is 2.19. The molecule has 0 atom stereocenters. The largest absolute Gasteiger partial charge is 0.299 e. The van der Waals surface area contributed by atoms with Gasteiger partial charge in [-0.25, -0.2) is 19.9 Å². The number of fused-ring (bicyclic) bond motifs is 8. The quantitative estimate of drug-likeness (QED) is 0.196. The van der Waals surface area contributed by atoms with Crippen LogP contribution >= 0.6 is 0 Å². The molecule has 0 saturated heterocycles. The molecule has 210 valence electrons. The number of rotatable bonds is 4. The molecule has 9 aromatic rings. The third-order valence-corrected chi connectivity index (χ3v) is 8.43. The zero-order valence-corrected chi connectivity index (χ0v) is 24.2. The van der Waals surface area contributed by atoms with Crippen molar-refractivity contribution in [2.75, 3.05) is 0 Å². The first-order valence-corrected chi connectivity index (χ1v) is 15.0. The first kappa shape index (κ1) is 25.3. The van der Waals surface area contributed by atoms with E-state index < -0.39 is 0 Å². The van der Waals surface area contributed by atoms with E-state index in [9.17, 15) is 0 Å². The number of hydrogen-bond donors (Lipinski definition) is 0. The molecular weight excluding hydrogens is 550 g/mol. The first-order valence-electron chi connectivity index (χ1n) is 15.0. The number of aromatic nitrogens is 5. The second kappa shape index (κ2) is 10.2. The molecular formula is C40H25N5. The summed E-state index contributed by atoms with van der Waals surface area (Å²) in [6, 6.07) is 50.1. The van der Waals surface area contributed by atoms with Crippen molar-refractivity contribution in [3.63, 3.8) is 0 Å². The van der Waals surface area contributed by atoms with E-state index in [0.717, 1.165) is 60.5 Å². The van der Waals surface area contributed by atoms with E-state index >= 15 is 0 Å². The van der Waals surface area contributed by atoms with Crippen molar-refractivity contribution in [3.8, 4) is 45.3 Å². The summed E-state index contributed by atoms with van der Waals surface area (Å²) >= 11 is 0. The molecule has 0 aliphatic carbocycles. The maximum atomic E-state index is 5.10. The van der Waals surface area contributed by atoms with Crippen LogP contribution in [-0.4, -0.2) is 24.3 Å². The van der Waals surface area contributed by atoms with Crippen molar-refractivity contribution in [1.82, 2.24) is 24.3 Å². The number of imidazole rings is 1. The highest BCUT2D eigenvalue weighted by molar-refractivity contribution is 6.25. The second-order valence-electron chi connectivity index (χ2n) is 11.2. The molecule has 0 amide bonds. The molecule has 0 spiro atoms. The molecule has 0 saturated carbocycles. The molecule has 0 radical (unpaired) electrons. The first-order chi connectivity index (χ1) is 22.3. The number of hydrogen-bond acceptors (Lipinski definition) is 4. The predicted molar refractivity (Wildman–Crippen MR) is 183 cm³/mol. The third kappa shape index (κ3) is 4.25. The maximum absolute atomic E-state index is 5.10. The summed E-state index contributed by atoms with van der Waals surface area (Å²) in [5.41, 5.74) is 8.18. The summed E-state index contributed by atoms with van der Waals surface area (Å²) in [6.45, 7) is 0. The van der Waals surface area contributed by atoms with E-state index in [1.165, 1.54) is 5.56 Å². The molecule has 5 nitrogen and oxygen atoms in total. The summed E-state index contributed by atoms with van der Waals surface area (Å²) in [7, 11) is 0. The minimum absolute atomic E-state index is 0.634. The molecule has 45 heavy (non-hydrogen) atoms. The van der Waals surface area contributed by atoms with Gasteiger partial charge in [0.1, 0.15) is 5.65 Å². The SMILES string of the molecule is c1ccc(-c2ccc3c(c2)c2cc(-c4nc(-c5ccccc5)nc(-c5ccccc5)n4)ccc2c2c3nc3ccccn32)cc1. The van der Waals surface area contributed by atoms with Crippen LogP contribution in [0.5, 0.6) is 0 Å². The Morgan fingerprint density at radius 3 is 1.53 bits per heavy atom. The Kier molecular flexibility index (Phi) is 5.74. The zero-order valence-electron chi connectivity index (χ0n) is 24.2. The van der Waals surface area contributed by atoms with E-state index in [4.69, 9.17) is 19.9 Å². The van der Waals surface area contributed by atoms with Crippen LogP contribution in [0.2, 0.25) is 0 Å².